The highest BCUT2D eigenvalue weighted by Gasteiger charge is 2.36. The van der Waals surface area contributed by atoms with Crippen LogP contribution < -0.4 is 5.32 Å². The molecule has 0 amide bonds. The number of hydrogen-bond acceptors (Lipinski definition) is 2. The van der Waals surface area contributed by atoms with Crippen molar-refractivity contribution in [2.24, 2.45) is 11.8 Å². The van der Waals surface area contributed by atoms with Gasteiger partial charge in [0.2, 0.25) is 0 Å². The van der Waals surface area contributed by atoms with Crippen LogP contribution in [0.1, 0.15) is 52.4 Å². The van der Waals surface area contributed by atoms with Gasteiger partial charge in [0.1, 0.15) is 0 Å². The van der Waals surface area contributed by atoms with Crippen LogP contribution in [0.25, 0.3) is 0 Å². The smallest absolute Gasteiger partial charge is 0.308 e. The lowest BCUT2D eigenvalue weighted by molar-refractivity contribution is -0.146. The average Bonchev–Trinajstić information content (AvgIpc) is 2.20. The molecule has 1 aliphatic rings. The van der Waals surface area contributed by atoms with Crippen molar-refractivity contribution in [3.05, 3.63) is 0 Å². The molecule has 0 aromatic rings. The predicted octanol–water partition coefficient (Wildman–Crippen LogP) is 2.66. The van der Waals surface area contributed by atoms with Gasteiger partial charge in [0.15, 0.2) is 0 Å². The second-order valence-corrected chi connectivity index (χ2v) is 4.95. The Morgan fingerprint density at radius 1 is 1.44 bits per heavy atom. The molecule has 1 saturated carbocycles. The van der Waals surface area contributed by atoms with Gasteiger partial charge < -0.3 is 10.4 Å². The van der Waals surface area contributed by atoms with Gasteiger partial charge in [-0.1, -0.05) is 33.1 Å². The largest absolute Gasteiger partial charge is 0.481 e. The molecule has 1 rings (SSSR count). The maximum atomic E-state index is 10.8. The summed E-state index contributed by atoms with van der Waals surface area (Å²) in [6.45, 7) is 5.43. The topological polar surface area (TPSA) is 49.3 Å². The highest BCUT2D eigenvalue weighted by atomic mass is 16.4. The van der Waals surface area contributed by atoms with Gasteiger partial charge in [-0.2, -0.15) is 0 Å². The number of carboxylic acid groups (broad SMARTS) is 1. The van der Waals surface area contributed by atoms with Crippen molar-refractivity contribution in [3.8, 4) is 0 Å². The fourth-order valence-corrected chi connectivity index (χ4v) is 2.30. The molecular formula is C13H25NO2. The summed E-state index contributed by atoms with van der Waals surface area (Å²) in [5.74, 6) is -0.0518. The van der Waals surface area contributed by atoms with E-state index in [-0.39, 0.29) is 12.0 Å². The van der Waals surface area contributed by atoms with Gasteiger partial charge in [-0.05, 0) is 31.7 Å². The third kappa shape index (κ3) is 3.78. The molecule has 3 atom stereocenters. The Morgan fingerprint density at radius 2 is 2.19 bits per heavy atom. The van der Waals surface area contributed by atoms with Crippen LogP contribution in [0.4, 0.5) is 0 Å². The molecule has 94 valence electrons. The molecule has 0 spiro atoms. The number of hydrogen-bond donors (Lipinski definition) is 2. The summed E-state index contributed by atoms with van der Waals surface area (Å²) in [5, 5.41) is 12.4. The van der Waals surface area contributed by atoms with Crippen LogP contribution in [0.5, 0.6) is 0 Å². The zero-order valence-corrected chi connectivity index (χ0v) is 10.5. The van der Waals surface area contributed by atoms with Gasteiger partial charge >= 0.3 is 5.97 Å². The molecule has 16 heavy (non-hydrogen) atoms. The fourth-order valence-electron chi connectivity index (χ4n) is 2.30. The van der Waals surface area contributed by atoms with Gasteiger partial charge in [-0.3, -0.25) is 4.79 Å². The summed E-state index contributed by atoms with van der Waals surface area (Å²) in [6, 6.07) is 0.230. The zero-order valence-electron chi connectivity index (χ0n) is 10.5. The van der Waals surface area contributed by atoms with Crippen molar-refractivity contribution in [2.45, 2.75) is 58.4 Å². The second-order valence-electron chi connectivity index (χ2n) is 4.95. The van der Waals surface area contributed by atoms with Crippen LogP contribution in [0.3, 0.4) is 0 Å². The number of aliphatic carboxylic acids is 1. The Labute approximate surface area is 98.6 Å². The zero-order chi connectivity index (χ0) is 12.0. The quantitative estimate of drug-likeness (QED) is 0.670. The first-order valence-electron chi connectivity index (χ1n) is 6.65. The van der Waals surface area contributed by atoms with Crippen molar-refractivity contribution in [3.63, 3.8) is 0 Å². The van der Waals surface area contributed by atoms with E-state index in [4.69, 9.17) is 5.11 Å². The van der Waals surface area contributed by atoms with Crippen LogP contribution >= 0.6 is 0 Å². The summed E-state index contributed by atoms with van der Waals surface area (Å²) in [7, 11) is 0. The number of rotatable bonds is 8. The first-order chi connectivity index (χ1) is 7.69. The van der Waals surface area contributed by atoms with Gasteiger partial charge in [-0.25, -0.2) is 0 Å². The van der Waals surface area contributed by atoms with Crippen molar-refractivity contribution in [2.75, 3.05) is 6.54 Å². The Bertz CT molecular complexity index is 218. The Morgan fingerprint density at radius 3 is 2.62 bits per heavy atom. The minimum absolute atomic E-state index is 0.135. The maximum absolute atomic E-state index is 10.8. The Balaban J connectivity index is 2.19. The number of nitrogens with one attached hydrogen (secondary N) is 1. The third-order valence-electron chi connectivity index (χ3n) is 3.80. The molecular weight excluding hydrogens is 202 g/mol. The van der Waals surface area contributed by atoms with Gasteiger partial charge in [0.05, 0.1) is 5.92 Å². The van der Waals surface area contributed by atoms with E-state index in [0.29, 0.717) is 0 Å². The lowest BCUT2D eigenvalue weighted by Gasteiger charge is -2.35. The Hall–Kier alpha value is -0.570. The van der Waals surface area contributed by atoms with Crippen LogP contribution in [0.2, 0.25) is 0 Å². The summed E-state index contributed by atoms with van der Waals surface area (Å²) < 4.78 is 0. The summed E-state index contributed by atoms with van der Waals surface area (Å²) in [4.78, 5) is 10.8. The van der Waals surface area contributed by atoms with E-state index in [1.165, 1.54) is 25.7 Å². The Kier molecular flexibility index (Phi) is 5.81. The number of unbranched alkanes of at least 4 members (excludes halogenated alkanes) is 1. The van der Waals surface area contributed by atoms with E-state index in [0.717, 1.165) is 25.3 Å². The predicted molar refractivity (Wildman–Crippen MR) is 65.5 cm³/mol. The molecule has 3 heteroatoms. The molecule has 0 bridgehead atoms. The molecule has 0 aromatic heterocycles. The first-order valence-corrected chi connectivity index (χ1v) is 6.65. The highest BCUT2D eigenvalue weighted by Crippen LogP contribution is 2.28. The number of carbonyl (C=O) groups is 1. The number of carboxylic acids is 1. The molecule has 1 aliphatic carbocycles. The molecule has 0 radical (unpaired) electrons. The maximum Gasteiger partial charge on any atom is 0.308 e. The van der Waals surface area contributed by atoms with E-state index in [1.54, 1.807) is 0 Å². The molecule has 2 N–H and O–H groups in total. The molecule has 0 heterocycles. The lowest BCUT2D eigenvalue weighted by Crippen LogP contribution is -2.48. The van der Waals surface area contributed by atoms with Gasteiger partial charge in [0, 0.05) is 6.04 Å². The summed E-state index contributed by atoms with van der Waals surface area (Å²) >= 11 is 0. The van der Waals surface area contributed by atoms with Crippen molar-refractivity contribution < 1.29 is 9.90 Å². The van der Waals surface area contributed by atoms with Crippen LogP contribution in [0.15, 0.2) is 0 Å². The summed E-state index contributed by atoms with van der Waals surface area (Å²) in [5.41, 5.74) is 0. The van der Waals surface area contributed by atoms with Crippen LogP contribution in [0, 0.1) is 11.8 Å². The molecule has 0 aromatic carbocycles. The fraction of sp³-hybridized carbons (Fsp3) is 0.923. The van der Waals surface area contributed by atoms with E-state index in [1.807, 2.05) is 0 Å². The molecule has 3 nitrogen and oxygen atoms in total. The molecule has 3 unspecified atom stereocenters. The molecule has 1 fully saturated rings. The SMILES string of the molecule is CCCCC(CC)CNC1CCC1C(=O)O. The van der Waals surface area contributed by atoms with Crippen molar-refractivity contribution in [1.82, 2.24) is 5.32 Å². The minimum atomic E-state index is -0.634. The molecule has 0 aliphatic heterocycles. The standard InChI is InChI=1S/C13H25NO2/c1-3-5-6-10(4-2)9-14-12-8-7-11(12)13(15)16/h10-12,14H,3-9H2,1-2H3,(H,15,16). The van der Waals surface area contributed by atoms with E-state index in [9.17, 15) is 4.79 Å². The van der Waals surface area contributed by atoms with E-state index >= 15 is 0 Å². The summed E-state index contributed by atoms with van der Waals surface area (Å²) in [6.07, 6.45) is 6.87. The first kappa shape index (κ1) is 13.5. The van der Waals surface area contributed by atoms with E-state index in [2.05, 4.69) is 19.2 Å². The van der Waals surface area contributed by atoms with Crippen molar-refractivity contribution in [1.29, 1.82) is 0 Å². The van der Waals surface area contributed by atoms with Crippen LogP contribution in [-0.4, -0.2) is 23.7 Å². The van der Waals surface area contributed by atoms with Crippen LogP contribution in [-0.2, 0) is 4.79 Å². The third-order valence-corrected chi connectivity index (χ3v) is 3.80. The second kappa shape index (κ2) is 6.89. The monoisotopic (exact) mass is 227 g/mol. The minimum Gasteiger partial charge on any atom is -0.481 e. The normalized spacial score (nSPS) is 26.1. The van der Waals surface area contributed by atoms with E-state index < -0.39 is 5.97 Å². The molecule has 0 saturated heterocycles. The van der Waals surface area contributed by atoms with Gasteiger partial charge in [0.25, 0.3) is 0 Å². The van der Waals surface area contributed by atoms with Gasteiger partial charge in [-0.15, -0.1) is 0 Å². The van der Waals surface area contributed by atoms with Crippen molar-refractivity contribution >= 4 is 5.97 Å². The average molecular weight is 227 g/mol. The lowest BCUT2D eigenvalue weighted by atomic mass is 9.79. The highest BCUT2D eigenvalue weighted by molar-refractivity contribution is 5.72.